The zero-order valence-corrected chi connectivity index (χ0v) is 4.51. The Hall–Kier alpha value is -0.990. The third-order valence-corrected chi connectivity index (χ3v) is 0.712. The third-order valence-electron chi connectivity index (χ3n) is 0.712. The molecule has 0 unspecified atom stereocenters. The Balaban J connectivity index is 2.24. The van der Waals surface area contributed by atoms with Gasteiger partial charge in [-0.2, -0.15) is 0 Å². The summed E-state index contributed by atoms with van der Waals surface area (Å²) in [6, 6.07) is 0. The lowest BCUT2D eigenvalue weighted by molar-refractivity contribution is -0.139. The highest BCUT2D eigenvalue weighted by Gasteiger charge is 2.20. The van der Waals surface area contributed by atoms with Crippen LogP contribution < -0.4 is 0 Å². The molecule has 0 saturated heterocycles. The molecule has 0 bridgehead atoms. The molecule has 0 radical (unpaired) electrons. The van der Waals surface area contributed by atoms with Crippen LogP contribution >= 0.6 is 0 Å². The summed E-state index contributed by atoms with van der Waals surface area (Å²) in [6.07, 6.45) is 1.36. The Morgan fingerprint density at radius 3 is 3.00 bits per heavy atom. The van der Waals surface area contributed by atoms with E-state index in [4.69, 9.17) is 0 Å². The second-order valence-electron chi connectivity index (χ2n) is 1.32. The summed E-state index contributed by atoms with van der Waals surface area (Å²) in [6.45, 7) is 2.15. The van der Waals surface area contributed by atoms with Gasteiger partial charge in [0.1, 0.15) is 6.26 Å². The lowest BCUT2D eigenvalue weighted by atomic mass is 10.6. The molecule has 0 aromatic carbocycles. The van der Waals surface area contributed by atoms with Gasteiger partial charge in [-0.15, -0.1) is 0 Å². The van der Waals surface area contributed by atoms with Crippen molar-refractivity contribution < 1.29 is 14.3 Å². The lowest BCUT2D eigenvalue weighted by Crippen LogP contribution is -2.00. The van der Waals surface area contributed by atoms with Crippen molar-refractivity contribution in [2.75, 3.05) is 6.61 Å². The van der Waals surface area contributed by atoms with Crippen molar-refractivity contribution >= 4 is 5.97 Å². The SMILES string of the molecule is CCOC(=O)C1=CO1. The van der Waals surface area contributed by atoms with Gasteiger partial charge in [0.05, 0.1) is 6.61 Å². The summed E-state index contributed by atoms with van der Waals surface area (Å²) in [5, 5.41) is 0. The molecule has 1 aliphatic rings. The molecule has 0 aliphatic carbocycles. The van der Waals surface area contributed by atoms with Gasteiger partial charge in [-0.05, 0) is 6.92 Å². The molecule has 0 spiro atoms. The number of carbonyl (C=O) groups is 1. The van der Waals surface area contributed by atoms with Crippen LogP contribution in [-0.2, 0) is 14.3 Å². The first-order chi connectivity index (χ1) is 3.84. The summed E-state index contributed by atoms with van der Waals surface area (Å²) in [4.78, 5) is 10.4. The fourth-order valence-electron chi connectivity index (χ4n) is 0.328. The standard InChI is InChI=1S/C5H6O3/c1-2-7-5(6)4-3-8-4/h3H,2H2,1H3. The molecule has 0 N–H and O–H groups in total. The fraction of sp³-hybridized carbons (Fsp3) is 0.400. The molecule has 44 valence electrons. The Morgan fingerprint density at radius 2 is 2.62 bits per heavy atom. The molecule has 0 fully saturated rings. The van der Waals surface area contributed by atoms with Gasteiger partial charge in [0.25, 0.3) is 0 Å². The summed E-state index contributed by atoms with van der Waals surface area (Å²) in [5.74, 6) is -0.0423. The van der Waals surface area contributed by atoms with Crippen LogP contribution in [0.25, 0.3) is 0 Å². The van der Waals surface area contributed by atoms with Gasteiger partial charge in [0.15, 0.2) is 0 Å². The van der Waals surface area contributed by atoms with E-state index in [2.05, 4.69) is 9.47 Å². The summed E-state index contributed by atoms with van der Waals surface area (Å²) < 4.78 is 8.97. The first-order valence-corrected chi connectivity index (χ1v) is 2.38. The highest BCUT2D eigenvalue weighted by atomic mass is 16.6. The van der Waals surface area contributed by atoms with Gasteiger partial charge < -0.3 is 9.47 Å². The molecule has 3 nitrogen and oxygen atoms in total. The molecule has 8 heavy (non-hydrogen) atoms. The minimum Gasteiger partial charge on any atom is -0.460 e. The molecule has 0 atom stereocenters. The first-order valence-electron chi connectivity index (χ1n) is 2.38. The average Bonchev–Trinajstić information content (AvgIpc) is 2.45. The predicted octanol–water partition coefficient (Wildman–Crippen LogP) is 0.421. The number of carbonyl (C=O) groups excluding carboxylic acids is 1. The molecule has 1 aliphatic heterocycles. The first kappa shape index (κ1) is 5.15. The average molecular weight is 114 g/mol. The molecule has 3 heteroatoms. The van der Waals surface area contributed by atoms with Crippen LogP contribution in [0.4, 0.5) is 0 Å². The normalized spacial score (nSPS) is 13.9. The minimum atomic E-state index is -0.368. The highest BCUT2D eigenvalue weighted by molar-refractivity contribution is 5.88. The Kier molecular flexibility index (Phi) is 1.20. The van der Waals surface area contributed by atoms with Crippen LogP contribution in [0.3, 0.4) is 0 Å². The van der Waals surface area contributed by atoms with E-state index in [1.54, 1.807) is 6.92 Å². The lowest BCUT2D eigenvalue weighted by Gasteiger charge is -1.91. The van der Waals surface area contributed by atoms with Gasteiger partial charge in [-0.1, -0.05) is 0 Å². The van der Waals surface area contributed by atoms with E-state index in [1.165, 1.54) is 6.26 Å². The Labute approximate surface area is 46.9 Å². The van der Waals surface area contributed by atoms with Crippen LogP contribution in [0, 0.1) is 0 Å². The predicted molar refractivity (Wildman–Crippen MR) is 25.8 cm³/mol. The molecule has 0 amide bonds. The molecule has 0 aromatic heterocycles. The largest absolute Gasteiger partial charge is 0.460 e. The number of hydrogen-bond donors (Lipinski definition) is 0. The monoisotopic (exact) mass is 114 g/mol. The van der Waals surface area contributed by atoms with Gasteiger partial charge in [0.2, 0.25) is 5.76 Å². The summed E-state index contributed by atoms with van der Waals surface area (Å²) >= 11 is 0. The molecule has 0 aromatic rings. The van der Waals surface area contributed by atoms with E-state index in [1.807, 2.05) is 0 Å². The zero-order chi connectivity index (χ0) is 5.98. The van der Waals surface area contributed by atoms with Crippen LogP contribution in [-0.4, -0.2) is 12.6 Å². The number of esters is 1. The van der Waals surface area contributed by atoms with Crippen molar-refractivity contribution in [1.29, 1.82) is 0 Å². The van der Waals surface area contributed by atoms with Crippen molar-refractivity contribution in [3.63, 3.8) is 0 Å². The maximum Gasteiger partial charge on any atom is 0.377 e. The van der Waals surface area contributed by atoms with E-state index in [-0.39, 0.29) is 5.97 Å². The number of ether oxygens (including phenoxy) is 2. The summed E-state index contributed by atoms with van der Waals surface area (Å²) in [7, 11) is 0. The van der Waals surface area contributed by atoms with Crippen molar-refractivity contribution in [1.82, 2.24) is 0 Å². The van der Waals surface area contributed by atoms with Crippen LogP contribution in [0.1, 0.15) is 6.92 Å². The van der Waals surface area contributed by atoms with Crippen LogP contribution in [0.2, 0.25) is 0 Å². The molecular weight excluding hydrogens is 108 g/mol. The zero-order valence-electron chi connectivity index (χ0n) is 4.51. The van der Waals surface area contributed by atoms with Gasteiger partial charge in [-0.3, -0.25) is 0 Å². The number of rotatable bonds is 2. The van der Waals surface area contributed by atoms with E-state index in [0.29, 0.717) is 12.4 Å². The van der Waals surface area contributed by atoms with Crippen molar-refractivity contribution in [3.05, 3.63) is 12.0 Å². The van der Waals surface area contributed by atoms with Crippen LogP contribution in [0.5, 0.6) is 0 Å². The molecule has 0 saturated carbocycles. The van der Waals surface area contributed by atoms with Gasteiger partial charge in [0, 0.05) is 0 Å². The van der Waals surface area contributed by atoms with Crippen molar-refractivity contribution in [2.24, 2.45) is 0 Å². The van der Waals surface area contributed by atoms with E-state index >= 15 is 0 Å². The maximum absolute atomic E-state index is 10.4. The second kappa shape index (κ2) is 1.86. The maximum atomic E-state index is 10.4. The van der Waals surface area contributed by atoms with E-state index in [0.717, 1.165) is 0 Å². The van der Waals surface area contributed by atoms with Crippen LogP contribution in [0.15, 0.2) is 12.0 Å². The number of hydrogen-bond acceptors (Lipinski definition) is 3. The second-order valence-corrected chi connectivity index (χ2v) is 1.32. The fourth-order valence-corrected chi connectivity index (χ4v) is 0.328. The van der Waals surface area contributed by atoms with Gasteiger partial charge in [-0.25, -0.2) is 4.79 Å². The third kappa shape index (κ3) is 0.992. The smallest absolute Gasteiger partial charge is 0.377 e. The summed E-state index contributed by atoms with van der Waals surface area (Å²) in [5.41, 5.74) is 0. The van der Waals surface area contributed by atoms with E-state index in [9.17, 15) is 4.79 Å². The van der Waals surface area contributed by atoms with Gasteiger partial charge >= 0.3 is 5.97 Å². The molecule has 1 heterocycles. The molecular formula is C5H6O3. The topological polar surface area (TPSA) is 38.8 Å². The highest BCUT2D eigenvalue weighted by Crippen LogP contribution is 2.13. The molecule has 1 rings (SSSR count). The Bertz CT molecular complexity index is 137. The van der Waals surface area contributed by atoms with E-state index < -0.39 is 0 Å². The Morgan fingerprint density at radius 1 is 2.00 bits per heavy atom. The van der Waals surface area contributed by atoms with Crippen molar-refractivity contribution in [3.8, 4) is 0 Å². The minimum absolute atomic E-state index is 0.326. The quantitative estimate of drug-likeness (QED) is 0.488. The van der Waals surface area contributed by atoms with Crippen molar-refractivity contribution in [2.45, 2.75) is 6.92 Å².